The van der Waals surface area contributed by atoms with Crippen LogP contribution >= 0.6 is 0 Å². The molecule has 0 fully saturated rings. The molecule has 0 saturated carbocycles. The lowest BCUT2D eigenvalue weighted by molar-refractivity contribution is -0.142. The van der Waals surface area contributed by atoms with Crippen molar-refractivity contribution in [3.8, 4) is 34.8 Å². The Hall–Kier alpha value is -3.73. The molecule has 0 spiro atoms. The lowest BCUT2D eigenvalue weighted by Gasteiger charge is -2.06. The van der Waals surface area contributed by atoms with Crippen LogP contribution in [0.4, 0.5) is 0 Å². The number of esters is 1. The first-order chi connectivity index (χ1) is 12.2. The molecule has 0 aliphatic carbocycles. The van der Waals surface area contributed by atoms with E-state index >= 15 is 0 Å². The minimum absolute atomic E-state index is 0.209. The van der Waals surface area contributed by atoms with Crippen LogP contribution in [-0.4, -0.2) is 34.8 Å². The molecule has 3 aromatic rings. The topological polar surface area (TPSA) is 111 Å². The van der Waals surface area contributed by atoms with Crippen LogP contribution in [0.1, 0.15) is 5.56 Å². The van der Waals surface area contributed by atoms with Crippen molar-refractivity contribution in [2.45, 2.75) is 0 Å². The zero-order chi connectivity index (χ0) is 17.6. The number of nitrogens with zero attached hydrogens (tertiary/aromatic N) is 4. The predicted molar refractivity (Wildman–Crippen MR) is 85.2 cm³/mol. The Labute approximate surface area is 142 Å². The van der Waals surface area contributed by atoms with Gasteiger partial charge in [0.25, 0.3) is 5.89 Å². The van der Waals surface area contributed by atoms with Crippen molar-refractivity contribution in [3.63, 3.8) is 0 Å². The van der Waals surface area contributed by atoms with Gasteiger partial charge in [-0.3, -0.25) is 4.98 Å². The highest BCUT2D eigenvalue weighted by Crippen LogP contribution is 2.26. The Balaban J connectivity index is 1.90. The van der Waals surface area contributed by atoms with Crippen LogP contribution in [0.15, 0.2) is 47.1 Å². The number of hydrogen-bond donors (Lipinski definition) is 0. The van der Waals surface area contributed by atoms with Crippen molar-refractivity contribution in [2.75, 3.05) is 13.7 Å². The molecule has 1 aromatic carbocycles. The minimum Gasteiger partial charge on any atom is -0.482 e. The van der Waals surface area contributed by atoms with Gasteiger partial charge in [-0.05, 0) is 30.3 Å². The Morgan fingerprint density at radius 2 is 2.20 bits per heavy atom. The van der Waals surface area contributed by atoms with Crippen molar-refractivity contribution in [1.82, 2.24) is 15.1 Å². The SMILES string of the molecule is COC(=O)COc1cc(C#N)cc(-c2nc(-c3ccccn3)no2)c1. The maximum absolute atomic E-state index is 11.2. The number of rotatable bonds is 5. The van der Waals surface area contributed by atoms with Gasteiger partial charge in [0.1, 0.15) is 11.4 Å². The quantitative estimate of drug-likeness (QED) is 0.652. The molecule has 8 nitrogen and oxygen atoms in total. The zero-order valence-electron chi connectivity index (χ0n) is 13.2. The van der Waals surface area contributed by atoms with E-state index in [4.69, 9.17) is 14.5 Å². The maximum Gasteiger partial charge on any atom is 0.343 e. The molecule has 2 aromatic heterocycles. The number of methoxy groups -OCH3 is 1. The highest BCUT2D eigenvalue weighted by molar-refractivity contribution is 5.71. The van der Waals surface area contributed by atoms with Crippen LogP contribution < -0.4 is 4.74 Å². The fourth-order valence-electron chi connectivity index (χ4n) is 2.01. The summed E-state index contributed by atoms with van der Waals surface area (Å²) in [4.78, 5) is 19.6. The van der Waals surface area contributed by atoms with E-state index in [-0.39, 0.29) is 12.5 Å². The Bertz CT molecular complexity index is 931. The van der Waals surface area contributed by atoms with Gasteiger partial charge in [-0.2, -0.15) is 10.2 Å². The molecule has 124 valence electrons. The van der Waals surface area contributed by atoms with E-state index in [0.717, 1.165) is 0 Å². The largest absolute Gasteiger partial charge is 0.482 e. The van der Waals surface area contributed by atoms with Crippen molar-refractivity contribution < 1.29 is 18.8 Å². The number of nitriles is 1. The number of aromatic nitrogens is 3. The van der Waals surface area contributed by atoms with Gasteiger partial charge in [0, 0.05) is 11.8 Å². The molecule has 0 amide bonds. The normalized spacial score (nSPS) is 10.1. The molecule has 0 atom stereocenters. The number of pyridine rings is 1. The fourth-order valence-corrected chi connectivity index (χ4v) is 2.01. The van der Waals surface area contributed by atoms with E-state index < -0.39 is 5.97 Å². The lowest BCUT2D eigenvalue weighted by Crippen LogP contribution is -2.12. The molecule has 0 unspecified atom stereocenters. The van der Waals surface area contributed by atoms with Gasteiger partial charge in [-0.15, -0.1) is 0 Å². The zero-order valence-corrected chi connectivity index (χ0v) is 13.2. The van der Waals surface area contributed by atoms with E-state index in [1.54, 1.807) is 30.5 Å². The molecule has 0 aliphatic heterocycles. The van der Waals surface area contributed by atoms with E-state index in [0.29, 0.717) is 28.4 Å². The van der Waals surface area contributed by atoms with Crippen LogP contribution in [-0.2, 0) is 9.53 Å². The third-order valence-electron chi connectivity index (χ3n) is 3.19. The van der Waals surface area contributed by atoms with Crippen LogP contribution in [0.25, 0.3) is 23.0 Å². The van der Waals surface area contributed by atoms with E-state index in [2.05, 4.69) is 19.9 Å². The summed E-state index contributed by atoms with van der Waals surface area (Å²) < 4.78 is 15.1. The highest BCUT2D eigenvalue weighted by atomic mass is 16.6. The Kier molecular flexibility index (Phi) is 4.67. The Morgan fingerprint density at radius 3 is 2.92 bits per heavy atom. The molecule has 0 aliphatic rings. The summed E-state index contributed by atoms with van der Waals surface area (Å²) in [7, 11) is 1.26. The van der Waals surface area contributed by atoms with Crippen LogP contribution in [0.2, 0.25) is 0 Å². The van der Waals surface area contributed by atoms with Crippen LogP contribution in [0.3, 0.4) is 0 Å². The second-order valence-corrected chi connectivity index (χ2v) is 4.86. The van der Waals surface area contributed by atoms with Crippen LogP contribution in [0, 0.1) is 11.3 Å². The summed E-state index contributed by atoms with van der Waals surface area (Å²) in [5.74, 6) is 0.326. The second kappa shape index (κ2) is 7.23. The molecule has 25 heavy (non-hydrogen) atoms. The average Bonchev–Trinajstić information content (AvgIpc) is 3.16. The summed E-state index contributed by atoms with van der Waals surface area (Å²) in [6.45, 7) is -0.270. The smallest absolute Gasteiger partial charge is 0.343 e. The second-order valence-electron chi connectivity index (χ2n) is 4.86. The number of hydrogen-bond acceptors (Lipinski definition) is 8. The predicted octanol–water partition coefficient (Wildman–Crippen LogP) is 2.22. The third-order valence-corrected chi connectivity index (χ3v) is 3.19. The van der Waals surface area contributed by atoms with Crippen molar-refractivity contribution in [3.05, 3.63) is 48.2 Å². The molecule has 3 rings (SSSR count). The fraction of sp³-hybridized carbons (Fsp3) is 0.118. The minimum atomic E-state index is -0.529. The van der Waals surface area contributed by atoms with E-state index in [9.17, 15) is 4.79 Å². The number of carbonyl (C=O) groups excluding carboxylic acids is 1. The van der Waals surface area contributed by atoms with Gasteiger partial charge in [0.2, 0.25) is 5.82 Å². The summed E-state index contributed by atoms with van der Waals surface area (Å²) >= 11 is 0. The molecule has 2 heterocycles. The number of carbonyl (C=O) groups is 1. The summed E-state index contributed by atoms with van der Waals surface area (Å²) in [5.41, 5.74) is 1.39. The number of ether oxygens (including phenoxy) is 2. The van der Waals surface area contributed by atoms with Crippen molar-refractivity contribution >= 4 is 5.97 Å². The highest BCUT2D eigenvalue weighted by Gasteiger charge is 2.14. The Morgan fingerprint density at radius 1 is 1.32 bits per heavy atom. The van der Waals surface area contributed by atoms with E-state index in [1.807, 2.05) is 12.1 Å². The average molecular weight is 336 g/mol. The molecule has 0 bridgehead atoms. The third kappa shape index (κ3) is 3.79. The summed E-state index contributed by atoms with van der Waals surface area (Å²) in [5, 5.41) is 13.1. The van der Waals surface area contributed by atoms with Gasteiger partial charge in [0.15, 0.2) is 6.61 Å². The van der Waals surface area contributed by atoms with E-state index in [1.165, 1.54) is 13.2 Å². The first-order valence-electron chi connectivity index (χ1n) is 7.20. The molecular formula is C17H12N4O4. The van der Waals surface area contributed by atoms with Crippen molar-refractivity contribution in [1.29, 1.82) is 5.26 Å². The number of benzene rings is 1. The van der Waals surface area contributed by atoms with Gasteiger partial charge in [-0.1, -0.05) is 11.2 Å². The summed E-state index contributed by atoms with van der Waals surface area (Å²) in [6.07, 6.45) is 1.63. The van der Waals surface area contributed by atoms with Gasteiger partial charge >= 0.3 is 5.97 Å². The maximum atomic E-state index is 11.2. The molecular weight excluding hydrogens is 324 g/mol. The first-order valence-corrected chi connectivity index (χ1v) is 7.20. The van der Waals surface area contributed by atoms with Crippen LogP contribution in [0.5, 0.6) is 5.75 Å². The first kappa shape index (κ1) is 16.1. The van der Waals surface area contributed by atoms with Gasteiger partial charge in [0.05, 0.1) is 18.7 Å². The molecule has 0 N–H and O–H groups in total. The molecule has 8 heteroatoms. The van der Waals surface area contributed by atoms with Crippen molar-refractivity contribution in [2.24, 2.45) is 0 Å². The summed E-state index contributed by atoms with van der Waals surface area (Å²) in [6, 6.07) is 12.1. The molecule has 0 saturated heterocycles. The van der Waals surface area contributed by atoms with Gasteiger partial charge < -0.3 is 14.0 Å². The molecule has 0 radical (unpaired) electrons. The standard InChI is InChI=1S/C17H12N4O4/c1-23-15(22)10-24-13-7-11(9-18)6-12(8-13)17-20-16(21-25-17)14-4-2-3-5-19-14/h2-8H,10H2,1H3. The monoisotopic (exact) mass is 336 g/mol. The lowest BCUT2D eigenvalue weighted by atomic mass is 10.1. The van der Waals surface area contributed by atoms with Gasteiger partial charge in [-0.25, -0.2) is 4.79 Å².